The van der Waals surface area contributed by atoms with Crippen molar-refractivity contribution < 1.29 is 0 Å². The average molecular weight is 227 g/mol. The van der Waals surface area contributed by atoms with Crippen LogP contribution in [-0.2, 0) is 6.42 Å². The minimum atomic E-state index is 0.725. The zero-order valence-corrected chi connectivity index (χ0v) is 10.8. The minimum Gasteiger partial charge on any atom is -0.359 e. The average Bonchev–Trinajstić information content (AvgIpc) is 2.99. The summed E-state index contributed by atoms with van der Waals surface area (Å²) < 4.78 is 0. The predicted molar refractivity (Wildman–Crippen MR) is 73.2 cm³/mol. The van der Waals surface area contributed by atoms with Gasteiger partial charge in [0.25, 0.3) is 0 Å². The van der Waals surface area contributed by atoms with Gasteiger partial charge in [-0.2, -0.15) is 0 Å². The first-order valence-corrected chi connectivity index (χ1v) is 6.73. The summed E-state index contributed by atoms with van der Waals surface area (Å²) in [6.45, 7) is 8.77. The lowest BCUT2D eigenvalue weighted by Gasteiger charge is -2.23. The number of hydrogen-bond donors (Lipinski definition) is 1. The van der Waals surface area contributed by atoms with E-state index >= 15 is 0 Å². The Kier molecular flexibility index (Phi) is 2.50. The van der Waals surface area contributed by atoms with Crippen molar-refractivity contribution in [1.82, 2.24) is 0 Å². The number of hydrogen-bond acceptors (Lipinski definition) is 1. The Morgan fingerprint density at radius 1 is 1.29 bits per heavy atom. The van der Waals surface area contributed by atoms with E-state index in [-0.39, 0.29) is 0 Å². The molecule has 0 amide bonds. The van der Waals surface area contributed by atoms with Crippen LogP contribution in [0.1, 0.15) is 43.7 Å². The van der Waals surface area contributed by atoms with E-state index in [0.717, 1.165) is 29.9 Å². The number of allylic oxidation sites excluding steroid dienone is 1. The summed E-state index contributed by atoms with van der Waals surface area (Å²) in [5, 5.41) is 3.49. The first kappa shape index (κ1) is 10.9. The van der Waals surface area contributed by atoms with Crippen molar-refractivity contribution in [2.75, 3.05) is 5.32 Å². The minimum absolute atomic E-state index is 0.725. The molecule has 1 atom stereocenters. The van der Waals surface area contributed by atoms with Gasteiger partial charge in [0.1, 0.15) is 0 Å². The van der Waals surface area contributed by atoms with Crippen LogP contribution in [0.15, 0.2) is 30.5 Å². The summed E-state index contributed by atoms with van der Waals surface area (Å²) in [5.41, 5.74) is 5.46. The van der Waals surface area contributed by atoms with Crippen LogP contribution in [0.3, 0.4) is 0 Å². The number of anilines is 1. The van der Waals surface area contributed by atoms with Gasteiger partial charge in [-0.3, -0.25) is 0 Å². The summed E-state index contributed by atoms with van der Waals surface area (Å²) in [7, 11) is 0. The molecule has 1 aromatic carbocycles. The van der Waals surface area contributed by atoms with Gasteiger partial charge in [0.15, 0.2) is 0 Å². The molecular weight excluding hydrogens is 206 g/mol. The highest BCUT2D eigenvalue weighted by Gasteiger charge is 2.36. The Morgan fingerprint density at radius 2 is 2.06 bits per heavy atom. The lowest BCUT2D eigenvalue weighted by Crippen LogP contribution is -2.11. The molecule has 0 spiro atoms. The molecule has 1 N–H and O–H groups in total. The van der Waals surface area contributed by atoms with Crippen molar-refractivity contribution in [2.24, 2.45) is 11.8 Å². The van der Waals surface area contributed by atoms with Gasteiger partial charge in [0, 0.05) is 17.8 Å². The van der Waals surface area contributed by atoms with Crippen molar-refractivity contribution >= 4 is 5.69 Å². The summed E-state index contributed by atoms with van der Waals surface area (Å²) in [6, 6.07) is 6.76. The molecule has 1 heterocycles. The van der Waals surface area contributed by atoms with Crippen molar-refractivity contribution in [3.8, 4) is 0 Å². The fraction of sp³-hybridized carbons (Fsp3) is 0.500. The molecule has 3 rings (SSSR count). The van der Waals surface area contributed by atoms with Crippen molar-refractivity contribution in [3.05, 3.63) is 41.6 Å². The standard InChI is InChI=1S/C16H21N/c1-10(2)15(12-7-8-12)14-6-4-5-13-9-11(3)17-16(13)14/h4-6,10,12,15,17H,3,7-9H2,1-2H3. The Hall–Kier alpha value is -1.24. The van der Waals surface area contributed by atoms with Crippen molar-refractivity contribution in [3.63, 3.8) is 0 Å². The van der Waals surface area contributed by atoms with Crippen molar-refractivity contribution in [1.29, 1.82) is 0 Å². The van der Waals surface area contributed by atoms with E-state index in [1.165, 1.54) is 29.7 Å². The maximum absolute atomic E-state index is 4.06. The monoisotopic (exact) mass is 227 g/mol. The first-order valence-electron chi connectivity index (χ1n) is 6.73. The lowest BCUT2D eigenvalue weighted by molar-refractivity contribution is 0.451. The summed E-state index contributed by atoms with van der Waals surface area (Å²) in [4.78, 5) is 0. The lowest BCUT2D eigenvalue weighted by atomic mass is 9.83. The molecule has 1 aromatic rings. The second kappa shape index (κ2) is 3.90. The molecule has 1 unspecified atom stereocenters. The molecule has 0 aromatic heterocycles. The molecule has 0 saturated heterocycles. The van der Waals surface area contributed by atoms with E-state index in [4.69, 9.17) is 0 Å². The SMILES string of the molecule is C=C1Cc2cccc(C(C(C)C)C3CC3)c2N1. The second-order valence-electron chi connectivity index (χ2n) is 5.89. The molecule has 1 nitrogen and oxygen atoms in total. The first-order chi connectivity index (χ1) is 8.16. The van der Waals surface area contributed by atoms with Crippen LogP contribution in [0, 0.1) is 11.8 Å². The smallest absolute Gasteiger partial charge is 0.0453 e. The van der Waals surface area contributed by atoms with E-state index in [1.54, 1.807) is 0 Å². The van der Waals surface area contributed by atoms with Gasteiger partial charge < -0.3 is 5.32 Å². The molecule has 1 saturated carbocycles. The van der Waals surface area contributed by atoms with E-state index in [2.05, 4.69) is 43.9 Å². The van der Waals surface area contributed by atoms with Crippen LogP contribution in [0.25, 0.3) is 0 Å². The fourth-order valence-corrected chi connectivity index (χ4v) is 3.26. The molecule has 90 valence electrons. The van der Waals surface area contributed by atoms with Crippen LogP contribution in [0.4, 0.5) is 5.69 Å². The molecule has 1 aliphatic carbocycles. The Labute approximate surface area is 104 Å². The van der Waals surface area contributed by atoms with Gasteiger partial charge in [0.2, 0.25) is 0 Å². The van der Waals surface area contributed by atoms with E-state index in [0.29, 0.717) is 0 Å². The second-order valence-corrected chi connectivity index (χ2v) is 5.89. The van der Waals surface area contributed by atoms with Gasteiger partial charge >= 0.3 is 0 Å². The zero-order chi connectivity index (χ0) is 12.0. The van der Waals surface area contributed by atoms with E-state index in [1.807, 2.05) is 0 Å². The van der Waals surface area contributed by atoms with Gasteiger partial charge in [-0.25, -0.2) is 0 Å². The fourth-order valence-electron chi connectivity index (χ4n) is 3.26. The maximum atomic E-state index is 4.06. The Balaban J connectivity index is 2.02. The third-order valence-electron chi connectivity index (χ3n) is 4.10. The van der Waals surface area contributed by atoms with Crippen LogP contribution in [0.2, 0.25) is 0 Å². The molecular formula is C16H21N. The number of benzene rings is 1. The number of para-hydroxylation sites is 1. The Bertz CT molecular complexity index is 453. The molecule has 0 bridgehead atoms. The highest BCUT2D eigenvalue weighted by atomic mass is 14.9. The largest absolute Gasteiger partial charge is 0.359 e. The molecule has 2 aliphatic rings. The molecule has 1 heteroatoms. The van der Waals surface area contributed by atoms with Gasteiger partial charge in [-0.1, -0.05) is 38.6 Å². The van der Waals surface area contributed by atoms with Gasteiger partial charge in [0.05, 0.1) is 0 Å². The number of rotatable bonds is 3. The Morgan fingerprint density at radius 3 is 2.71 bits per heavy atom. The maximum Gasteiger partial charge on any atom is 0.0453 e. The van der Waals surface area contributed by atoms with Crippen molar-refractivity contribution in [2.45, 2.75) is 39.0 Å². The number of fused-ring (bicyclic) bond motifs is 1. The van der Waals surface area contributed by atoms with E-state index in [9.17, 15) is 0 Å². The summed E-state index contributed by atoms with van der Waals surface area (Å²) >= 11 is 0. The number of nitrogens with one attached hydrogen (secondary N) is 1. The third kappa shape index (κ3) is 1.88. The summed E-state index contributed by atoms with van der Waals surface area (Å²) in [5.74, 6) is 2.37. The third-order valence-corrected chi connectivity index (χ3v) is 4.10. The highest BCUT2D eigenvalue weighted by Crippen LogP contribution is 2.49. The van der Waals surface area contributed by atoms with Crippen LogP contribution < -0.4 is 5.32 Å². The predicted octanol–water partition coefficient (Wildman–Crippen LogP) is 4.32. The normalized spacial score (nSPS) is 20.3. The van der Waals surface area contributed by atoms with Crippen LogP contribution >= 0.6 is 0 Å². The molecule has 0 radical (unpaired) electrons. The quantitative estimate of drug-likeness (QED) is 0.811. The topological polar surface area (TPSA) is 12.0 Å². The highest BCUT2D eigenvalue weighted by molar-refractivity contribution is 5.67. The van der Waals surface area contributed by atoms with Gasteiger partial charge in [-0.15, -0.1) is 0 Å². The molecule has 1 aliphatic heterocycles. The van der Waals surface area contributed by atoms with Crippen LogP contribution in [0.5, 0.6) is 0 Å². The zero-order valence-electron chi connectivity index (χ0n) is 10.8. The van der Waals surface area contributed by atoms with Crippen LogP contribution in [-0.4, -0.2) is 0 Å². The van der Waals surface area contributed by atoms with E-state index < -0.39 is 0 Å². The molecule has 1 fully saturated rings. The summed E-state index contributed by atoms with van der Waals surface area (Å²) in [6.07, 6.45) is 3.82. The van der Waals surface area contributed by atoms with Gasteiger partial charge in [-0.05, 0) is 41.7 Å². The molecule has 17 heavy (non-hydrogen) atoms.